The monoisotopic (exact) mass is 461 g/mol. The number of methoxy groups -OCH3 is 1. The van der Waals surface area contributed by atoms with E-state index in [-0.39, 0.29) is 22.4 Å². The molecule has 0 saturated carbocycles. The van der Waals surface area contributed by atoms with E-state index >= 15 is 0 Å². The summed E-state index contributed by atoms with van der Waals surface area (Å²) in [7, 11) is 3.31. The molecule has 33 heavy (non-hydrogen) atoms. The Hall–Kier alpha value is -3.78. The molecule has 1 saturated heterocycles. The maximum atomic E-state index is 12.7. The lowest BCUT2D eigenvalue weighted by atomic mass is 10.0. The van der Waals surface area contributed by atoms with Gasteiger partial charge in [0.25, 0.3) is 5.24 Å². The third-order valence-corrected chi connectivity index (χ3v) is 6.34. The van der Waals surface area contributed by atoms with E-state index in [2.05, 4.69) is 10.6 Å². The number of hydrogen-bond donors (Lipinski definition) is 2. The van der Waals surface area contributed by atoms with Gasteiger partial charge in [0.1, 0.15) is 5.75 Å². The Bertz CT molecular complexity index is 1180. The van der Waals surface area contributed by atoms with Crippen molar-refractivity contribution in [1.29, 1.82) is 0 Å². The Kier molecular flexibility index (Phi) is 6.65. The molecule has 8 heteroatoms. The van der Waals surface area contributed by atoms with Crippen molar-refractivity contribution < 1.29 is 19.1 Å². The molecule has 1 atom stereocenters. The summed E-state index contributed by atoms with van der Waals surface area (Å²) in [5, 5.41) is 4.51. The molecule has 0 aromatic heterocycles. The van der Waals surface area contributed by atoms with Crippen molar-refractivity contribution in [3.05, 3.63) is 78.4 Å². The van der Waals surface area contributed by atoms with Gasteiger partial charge in [-0.15, -0.1) is 0 Å². The zero-order valence-corrected chi connectivity index (χ0v) is 19.0. The highest BCUT2D eigenvalue weighted by Gasteiger charge is 2.31. The molecule has 4 rings (SSSR count). The summed E-state index contributed by atoms with van der Waals surface area (Å²) < 4.78 is 5.14. The van der Waals surface area contributed by atoms with Gasteiger partial charge in [0.15, 0.2) is 0 Å². The minimum absolute atomic E-state index is 0.238. The van der Waals surface area contributed by atoms with Crippen LogP contribution in [0.15, 0.2) is 72.8 Å². The van der Waals surface area contributed by atoms with Crippen LogP contribution in [0.5, 0.6) is 5.75 Å². The normalized spacial score (nSPS) is 15.2. The molecule has 1 aliphatic rings. The number of rotatable bonds is 6. The number of ether oxygens (including phenoxy) is 1. The number of imide groups is 1. The average Bonchev–Trinajstić information content (AvgIpc) is 3.15. The zero-order valence-electron chi connectivity index (χ0n) is 18.2. The van der Waals surface area contributed by atoms with E-state index in [1.54, 1.807) is 43.3 Å². The number of urea groups is 1. The molecule has 0 radical (unpaired) electrons. The lowest BCUT2D eigenvalue weighted by molar-refractivity contribution is -0.118. The van der Waals surface area contributed by atoms with Gasteiger partial charge in [-0.3, -0.25) is 19.8 Å². The average molecular weight is 462 g/mol. The molecule has 168 valence electrons. The summed E-state index contributed by atoms with van der Waals surface area (Å²) in [4.78, 5) is 37.4. The summed E-state index contributed by atoms with van der Waals surface area (Å²) in [6.07, 6.45) is 0.497. The first kappa shape index (κ1) is 22.4. The van der Waals surface area contributed by atoms with Crippen molar-refractivity contribution in [3.63, 3.8) is 0 Å². The number of anilines is 2. The standard InChI is InChI=1S/C25H23N3O4S/c1-28(24(30)26-19-10-12-21(32-2)13-11-19)20-5-3-4-18(15-20)17-8-6-16(7-9-17)14-22-23(29)27-25(31)33-22/h3-13,15,22H,14H2,1-2H3,(H,26,30)(H,27,29,31). The highest BCUT2D eigenvalue weighted by molar-refractivity contribution is 8.15. The lowest BCUT2D eigenvalue weighted by Gasteiger charge is -2.19. The molecule has 3 aromatic carbocycles. The van der Waals surface area contributed by atoms with Gasteiger partial charge in [0.2, 0.25) is 5.91 Å². The quantitative estimate of drug-likeness (QED) is 0.544. The van der Waals surface area contributed by atoms with E-state index in [0.29, 0.717) is 12.1 Å². The highest BCUT2D eigenvalue weighted by Crippen LogP contribution is 2.27. The molecule has 0 bridgehead atoms. The summed E-state index contributed by atoms with van der Waals surface area (Å²) in [5.74, 6) is 0.483. The molecule has 1 unspecified atom stereocenters. The van der Waals surface area contributed by atoms with Crippen LogP contribution < -0.4 is 20.3 Å². The fourth-order valence-corrected chi connectivity index (χ4v) is 4.33. The van der Waals surface area contributed by atoms with Crippen LogP contribution in [0.2, 0.25) is 0 Å². The second kappa shape index (κ2) is 9.79. The maximum Gasteiger partial charge on any atom is 0.326 e. The van der Waals surface area contributed by atoms with Crippen molar-refractivity contribution in [1.82, 2.24) is 5.32 Å². The number of nitrogens with one attached hydrogen (secondary N) is 2. The predicted octanol–water partition coefficient (Wildman–Crippen LogP) is 4.92. The molecule has 1 fully saturated rings. The van der Waals surface area contributed by atoms with E-state index in [4.69, 9.17) is 4.74 Å². The largest absolute Gasteiger partial charge is 0.497 e. The topological polar surface area (TPSA) is 87.7 Å². The van der Waals surface area contributed by atoms with Crippen LogP contribution in [0.25, 0.3) is 11.1 Å². The molecular formula is C25H23N3O4S. The first-order valence-electron chi connectivity index (χ1n) is 10.3. The molecule has 0 aliphatic carbocycles. The molecular weight excluding hydrogens is 438 g/mol. The van der Waals surface area contributed by atoms with Crippen molar-refractivity contribution in [3.8, 4) is 16.9 Å². The van der Waals surface area contributed by atoms with Gasteiger partial charge >= 0.3 is 6.03 Å². The maximum absolute atomic E-state index is 12.7. The lowest BCUT2D eigenvalue weighted by Crippen LogP contribution is -2.31. The van der Waals surface area contributed by atoms with Crippen molar-refractivity contribution in [2.75, 3.05) is 24.4 Å². The number of hydrogen-bond acceptors (Lipinski definition) is 5. The number of thioether (sulfide) groups is 1. The Morgan fingerprint density at radius 3 is 2.39 bits per heavy atom. The Morgan fingerprint density at radius 1 is 1.03 bits per heavy atom. The van der Waals surface area contributed by atoms with Gasteiger partial charge < -0.3 is 10.1 Å². The molecule has 7 nitrogen and oxygen atoms in total. The van der Waals surface area contributed by atoms with Crippen LogP contribution in [0, 0.1) is 0 Å². The van der Waals surface area contributed by atoms with E-state index in [0.717, 1.165) is 39.9 Å². The number of nitrogens with zero attached hydrogens (tertiary/aromatic N) is 1. The number of carbonyl (C=O) groups excluding carboxylic acids is 3. The Morgan fingerprint density at radius 2 is 1.76 bits per heavy atom. The van der Waals surface area contributed by atoms with Gasteiger partial charge in [0.05, 0.1) is 12.4 Å². The van der Waals surface area contributed by atoms with Crippen LogP contribution in [-0.2, 0) is 11.2 Å². The minimum Gasteiger partial charge on any atom is -0.497 e. The zero-order chi connectivity index (χ0) is 23.4. The number of carbonyl (C=O) groups is 3. The third-order valence-electron chi connectivity index (χ3n) is 5.35. The first-order chi connectivity index (χ1) is 15.9. The van der Waals surface area contributed by atoms with Crippen LogP contribution in [0.4, 0.5) is 21.0 Å². The second-order valence-electron chi connectivity index (χ2n) is 7.55. The Labute approximate surface area is 196 Å². The highest BCUT2D eigenvalue weighted by atomic mass is 32.2. The van der Waals surface area contributed by atoms with Gasteiger partial charge in [0, 0.05) is 18.4 Å². The summed E-state index contributed by atoms with van der Waals surface area (Å²) >= 11 is 1.03. The van der Waals surface area contributed by atoms with E-state index in [1.807, 2.05) is 48.5 Å². The molecule has 0 spiro atoms. The van der Waals surface area contributed by atoms with Gasteiger partial charge in [-0.05, 0) is 59.5 Å². The van der Waals surface area contributed by atoms with Crippen LogP contribution in [-0.4, -0.2) is 36.6 Å². The van der Waals surface area contributed by atoms with Crippen molar-refractivity contribution in [2.24, 2.45) is 0 Å². The van der Waals surface area contributed by atoms with E-state index < -0.39 is 0 Å². The van der Waals surface area contributed by atoms with Crippen LogP contribution in [0.1, 0.15) is 5.56 Å². The van der Waals surface area contributed by atoms with Gasteiger partial charge in [-0.1, -0.05) is 48.2 Å². The van der Waals surface area contributed by atoms with E-state index in [9.17, 15) is 14.4 Å². The Balaban J connectivity index is 1.43. The molecule has 4 amide bonds. The summed E-state index contributed by atoms with van der Waals surface area (Å²) in [6.45, 7) is 0. The SMILES string of the molecule is COc1ccc(NC(=O)N(C)c2cccc(-c3ccc(CC4SC(=O)NC4=O)cc3)c2)cc1. The first-order valence-corrected chi connectivity index (χ1v) is 11.2. The predicted molar refractivity (Wildman–Crippen MR) is 131 cm³/mol. The van der Waals surface area contributed by atoms with Gasteiger partial charge in [-0.2, -0.15) is 0 Å². The van der Waals surface area contributed by atoms with Crippen LogP contribution >= 0.6 is 11.8 Å². The molecule has 1 aliphatic heterocycles. The third kappa shape index (κ3) is 5.35. The fourth-order valence-electron chi connectivity index (χ4n) is 3.47. The van der Waals surface area contributed by atoms with Crippen molar-refractivity contribution in [2.45, 2.75) is 11.7 Å². The van der Waals surface area contributed by atoms with Gasteiger partial charge in [-0.25, -0.2) is 4.79 Å². The molecule has 1 heterocycles. The summed E-state index contributed by atoms with van der Waals surface area (Å²) in [6, 6.07) is 22.5. The number of benzene rings is 3. The van der Waals surface area contributed by atoms with Crippen LogP contribution in [0.3, 0.4) is 0 Å². The number of amides is 4. The molecule has 3 aromatic rings. The van der Waals surface area contributed by atoms with Crippen molar-refractivity contribution >= 4 is 40.3 Å². The summed E-state index contributed by atoms with van der Waals surface area (Å²) in [5.41, 5.74) is 4.36. The smallest absolute Gasteiger partial charge is 0.326 e. The molecule has 2 N–H and O–H groups in total. The minimum atomic E-state index is -0.385. The van der Waals surface area contributed by atoms with E-state index in [1.165, 1.54) is 0 Å². The second-order valence-corrected chi connectivity index (χ2v) is 8.73. The fraction of sp³-hybridized carbons (Fsp3) is 0.160.